The lowest BCUT2D eigenvalue weighted by Crippen LogP contribution is -2.47. The third-order valence-corrected chi connectivity index (χ3v) is 7.41. The van der Waals surface area contributed by atoms with Gasteiger partial charge in [0.15, 0.2) is 0 Å². The summed E-state index contributed by atoms with van der Waals surface area (Å²) in [5.74, 6) is 0.290. The molecule has 5 rings (SSSR count). The first kappa shape index (κ1) is 23.7. The van der Waals surface area contributed by atoms with Gasteiger partial charge in [-0.2, -0.15) is 4.98 Å². The molecule has 1 amide bonds. The number of fused-ring (bicyclic) bond motifs is 1. The van der Waals surface area contributed by atoms with Crippen molar-refractivity contribution in [2.75, 3.05) is 30.4 Å². The minimum absolute atomic E-state index is 0.171. The van der Waals surface area contributed by atoms with E-state index in [-0.39, 0.29) is 28.6 Å². The molecule has 2 aliphatic rings. The van der Waals surface area contributed by atoms with Crippen LogP contribution in [0, 0.1) is 17.6 Å². The Hall–Kier alpha value is -3.00. The van der Waals surface area contributed by atoms with E-state index < -0.39 is 11.6 Å². The van der Waals surface area contributed by atoms with E-state index in [1.165, 1.54) is 24.3 Å². The summed E-state index contributed by atoms with van der Waals surface area (Å²) in [7, 11) is 1.92. The number of nitrogens with one attached hydrogen (secondary N) is 1. The number of benzene rings is 2. The fourth-order valence-electron chi connectivity index (χ4n) is 5.14. The Bertz CT molecular complexity index is 1240. The molecule has 1 saturated carbocycles. The quantitative estimate of drug-likeness (QED) is 0.472. The topological polar surface area (TPSA) is 61.4 Å². The van der Waals surface area contributed by atoms with Crippen LogP contribution >= 0.6 is 11.6 Å². The van der Waals surface area contributed by atoms with E-state index in [1.807, 2.05) is 11.9 Å². The Morgan fingerprint density at radius 3 is 2.51 bits per heavy atom. The molecule has 9 heteroatoms. The normalized spacial score (nSPS) is 17.2. The number of amides is 1. The molecule has 0 spiro atoms. The summed E-state index contributed by atoms with van der Waals surface area (Å²) in [5.41, 5.74) is 0.749. The van der Waals surface area contributed by atoms with E-state index in [2.05, 4.69) is 20.2 Å². The molecule has 0 bridgehead atoms. The summed E-state index contributed by atoms with van der Waals surface area (Å²) in [6.45, 7) is 1.38. The van der Waals surface area contributed by atoms with Gasteiger partial charge >= 0.3 is 0 Å². The van der Waals surface area contributed by atoms with Crippen molar-refractivity contribution in [2.45, 2.75) is 44.6 Å². The predicted molar refractivity (Wildman–Crippen MR) is 134 cm³/mol. The van der Waals surface area contributed by atoms with Gasteiger partial charge in [0.1, 0.15) is 17.5 Å². The maximum absolute atomic E-state index is 14.5. The first-order chi connectivity index (χ1) is 16.9. The van der Waals surface area contributed by atoms with Crippen LogP contribution in [0.4, 0.5) is 26.2 Å². The van der Waals surface area contributed by atoms with E-state index in [4.69, 9.17) is 11.6 Å². The number of halogens is 3. The van der Waals surface area contributed by atoms with Crippen molar-refractivity contribution >= 4 is 45.9 Å². The average Bonchev–Trinajstić information content (AvgIpc) is 3.40. The van der Waals surface area contributed by atoms with Gasteiger partial charge in [0.05, 0.1) is 11.2 Å². The first-order valence-electron chi connectivity index (χ1n) is 12.1. The lowest BCUT2D eigenvalue weighted by molar-refractivity contribution is -0.136. The zero-order valence-corrected chi connectivity index (χ0v) is 20.4. The van der Waals surface area contributed by atoms with E-state index in [9.17, 15) is 13.6 Å². The van der Waals surface area contributed by atoms with Gasteiger partial charge in [-0.1, -0.05) is 24.4 Å². The van der Waals surface area contributed by atoms with Crippen molar-refractivity contribution in [3.05, 3.63) is 53.1 Å². The highest BCUT2D eigenvalue weighted by atomic mass is 35.5. The molecular weight excluding hydrogens is 472 g/mol. The van der Waals surface area contributed by atoms with Crippen molar-refractivity contribution < 1.29 is 13.6 Å². The molecule has 1 aromatic heterocycles. The van der Waals surface area contributed by atoms with Crippen molar-refractivity contribution in [1.82, 2.24) is 14.9 Å². The highest BCUT2D eigenvalue weighted by molar-refractivity contribution is 6.30. The van der Waals surface area contributed by atoms with Crippen LogP contribution in [0.5, 0.6) is 0 Å². The van der Waals surface area contributed by atoms with Crippen molar-refractivity contribution in [1.29, 1.82) is 0 Å². The molecule has 0 unspecified atom stereocenters. The molecule has 1 aliphatic carbocycles. The molecular formula is C26H28ClF2N5O. The second-order valence-corrected chi connectivity index (χ2v) is 9.87. The lowest BCUT2D eigenvalue weighted by Gasteiger charge is -2.37. The zero-order valence-electron chi connectivity index (χ0n) is 19.6. The van der Waals surface area contributed by atoms with Gasteiger partial charge in [0.25, 0.3) is 0 Å². The van der Waals surface area contributed by atoms with Crippen LogP contribution in [0.25, 0.3) is 10.9 Å². The average molecular weight is 500 g/mol. The smallest absolute Gasteiger partial charge is 0.227 e. The second-order valence-electron chi connectivity index (χ2n) is 9.43. The third kappa shape index (κ3) is 5.03. The van der Waals surface area contributed by atoms with Crippen molar-refractivity contribution in [2.24, 2.45) is 5.92 Å². The van der Waals surface area contributed by atoms with Crippen LogP contribution in [-0.4, -0.2) is 47.0 Å². The Balaban J connectivity index is 1.37. The van der Waals surface area contributed by atoms with E-state index in [0.717, 1.165) is 38.5 Å². The molecule has 2 aromatic carbocycles. The Morgan fingerprint density at radius 1 is 1.06 bits per heavy atom. The van der Waals surface area contributed by atoms with Crippen LogP contribution < -0.4 is 10.2 Å². The zero-order chi connectivity index (χ0) is 24.5. The van der Waals surface area contributed by atoms with Gasteiger partial charge in [0, 0.05) is 42.5 Å². The van der Waals surface area contributed by atoms with Crippen LogP contribution in [0.2, 0.25) is 5.02 Å². The third-order valence-electron chi connectivity index (χ3n) is 7.18. The van der Waals surface area contributed by atoms with Crippen molar-refractivity contribution in [3.63, 3.8) is 0 Å². The molecule has 2 fully saturated rings. The maximum Gasteiger partial charge on any atom is 0.227 e. The van der Waals surface area contributed by atoms with Gasteiger partial charge in [-0.15, -0.1) is 0 Å². The maximum atomic E-state index is 14.5. The van der Waals surface area contributed by atoms with E-state index in [1.54, 1.807) is 12.1 Å². The minimum Gasteiger partial charge on any atom is -0.342 e. The largest absolute Gasteiger partial charge is 0.342 e. The lowest BCUT2D eigenvalue weighted by atomic mass is 10.0. The van der Waals surface area contributed by atoms with Gasteiger partial charge in [-0.25, -0.2) is 13.8 Å². The number of aromatic nitrogens is 2. The number of nitrogens with zero attached hydrogens (tertiary/aromatic N) is 4. The molecule has 1 saturated heterocycles. The fourth-order valence-corrected chi connectivity index (χ4v) is 5.30. The first-order valence-corrected chi connectivity index (χ1v) is 12.5. The highest BCUT2D eigenvalue weighted by Gasteiger charge is 2.31. The number of carbonyl (C=O) groups excluding carboxylic acids is 1. The summed E-state index contributed by atoms with van der Waals surface area (Å²) in [6.07, 6.45) is 5.90. The number of piperidine rings is 1. The summed E-state index contributed by atoms with van der Waals surface area (Å²) >= 11 is 5.88. The van der Waals surface area contributed by atoms with Crippen LogP contribution in [0.3, 0.4) is 0 Å². The molecule has 1 aliphatic heterocycles. The molecule has 35 heavy (non-hydrogen) atoms. The van der Waals surface area contributed by atoms with Crippen LogP contribution in [-0.2, 0) is 4.79 Å². The molecule has 3 aromatic rings. The number of hydrogen-bond acceptors (Lipinski definition) is 5. The SMILES string of the molecule is CN(C(=O)C1CCCC1)C1CCN(c2nc(Nc3ccc(Cl)cc3F)c3cc(F)ccc3n2)CC1. The summed E-state index contributed by atoms with van der Waals surface area (Å²) in [5, 5.41) is 3.73. The van der Waals surface area contributed by atoms with Crippen molar-refractivity contribution in [3.8, 4) is 0 Å². The van der Waals surface area contributed by atoms with Crippen LogP contribution in [0.15, 0.2) is 36.4 Å². The predicted octanol–water partition coefficient (Wildman–Crippen LogP) is 5.92. The number of hydrogen-bond donors (Lipinski definition) is 1. The van der Waals surface area contributed by atoms with Crippen LogP contribution in [0.1, 0.15) is 38.5 Å². The molecule has 184 valence electrons. The van der Waals surface area contributed by atoms with Gasteiger partial charge < -0.3 is 15.1 Å². The van der Waals surface area contributed by atoms with E-state index in [0.29, 0.717) is 35.8 Å². The standard InChI is InChI=1S/C26H28ClF2N5O/c1-33(25(35)16-4-2-3-5-16)19-10-12-34(13-11-19)26-31-22-9-7-18(28)15-20(22)24(32-26)30-23-8-6-17(27)14-21(23)29/h6-9,14-16,19H,2-5,10-13H2,1H3,(H,30,31,32). The summed E-state index contributed by atoms with van der Waals surface area (Å²) in [4.78, 5) is 26.2. The van der Waals surface area contributed by atoms with Gasteiger partial charge in [-0.05, 0) is 62.1 Å². The Kier molecular flexibility index (Phi) is 6.73. The van der Waals surface area contributed by atoms with Gasteiger partial charge in [-0.3, -0.25) is 4.79 Å². The molecule has 1 N–H and O–H groups in total. The molecule has 6 nitrogen and oxygen atoms in total. The number of carbonyl (C=O) groups is 1. The fraction of sp³-hybridized carbons (Fsp3) is 0.423. The molecule has 0 atom stereocenters. The monoisotopic (exact) mass is 499 g/mol. The highest BCUT2D eigenvalue weighted by Crippen LogP contribution is 2.31. The summed E-state index contributed by atoms with van der Waals surface area (Å²) < 4.78 is 28.5. The number of rotatable bonds is 5. The Morgan fingerprint density at radius 2 is 1.80 bits per heavy atom. The second kappa shape index (κ2) is 9.93. The number of anilines is 3. The van der Waals surface area contributed by atoms with Gasteiger partial charge in [0.2, 0.25) is 11.9 Å². The Labute approximate surface area is 208 Å². The molecule has 2 heterocycles. The van der Waals surface area contributed by atoms with E-state index >= 15 is 0 Å². The summed E-state index contributed by atoms with van der Waals surface area (Å²) in [6, 6.07) is 8.78. The molecule has 0 radical (unpaired) electrons. The minimum atomic E-state index is -0.530.